The van der Waals surface area contributed by atoms with Gasteiger partial charge in [0.1, 0.15) is 5.82 Å². The minimum atomic E-state index is -0.188. The van der Waals surface area contributed by atoms with Crippen molar-refractivity contribution >= 4 is 17.8 Å². The molecule has 0 saturated heterocycles. The summed E-state index contributed by atoms with van der Waals surface area (Å²) in [6, 6.07) is 20.4. The first-order chi connectivity index (χ1) is 18.1. The summed E-state index contributed by atoms with van der Waals surface area (Å²) in [7, 11) is 4.12. The summed E-state index contributed by atoms with van der Waals surface area (Å²) < 4.78 is 0. The van der Waals surface area contributed by atoms with E-state index in [1.807, 2.05) is 36.4 Å². The quantitative estimate of drug-likeness (QED) is 0.415. The van der Waals surface area contributed by atoms with Gasteiger partial charge < -0.3 is 20.9 Å². The van der Waals surface area contributed by atoms with Crippen LogP contribution in [0.5, 0.6) is 0 Å². The van der Waals surface area contributed by atoms with Gasteiger partial charge >= 0.3 is 6.03 Å². The Hall–Kier alpha value is -3.61. The van der Waals surface area contributed by atoms with Gasteiger partial charge in [0.2, 0.25) is 5.95 Å². The second kappa shape index (κ2) is 11.6. The number of nitrogens with one attached hydrogen (secondary N) is 3. The van der Waals surface area contributed by atoms with Crippen LogP contribution in [0.15, 0.2) is 60.7 Å². The van der Waals surface area contributed by atoms with Gasteiger partial charge in [-0.15, -0.1) is 0 Å². The lowest BCUT2D eigenvalue weighted by Gasteiger charge is -2.31. The fourth-order valence-corrected chi connectivity index (χ4v) is 5.58. The molecule has 1 heterocycles. The first-order valence-corrected chi connectivity index (χ1v) is 13.6. The Morgan fingerprint density at radius 1 is 0.838 bits per heavy atom. The number of carbonyl (C=O) groups excluding carboxylic acids is 1. The Balaban J connectivity index is 1.17. The largest absolute Gasteiger partial charge is 0.362 e. The van der Waals surface area contributed by atoms with Crippen LogP contribution in [0.4, 0.5) is 16.6 Å². The van der Waals surface area contributed by atoms with Crippen LogP contribution in [0, 0.1) is 0 Å². The highest BCUT2D eigenvalue weighted by atomic mass is 16.2. The molecule has 2 aliphatic carbocycles. The second-order valence-corrected chi connectivity index (χ2v) is 10.5. The highest BCUT2D eigenvalue weighted by Gasteiger charge is 2.26. The Bertz CT molecular complexity index is 1140. The van der Waals surface area contributed by atoms with Gasteiger partial charge in [0.25, 0.3) is 0 Å². The van der Waals surface area contributed by atoms with Gasteiger partial charge in [-0.3, -0.25) is 0 Å². The molecule has 1 saturated carbocycles. The van der Waals surface area contributed by atoms with Gasteiger partial charge in [0.15, 0.2) is 0 Å². The van der Waals surface area contributed by atoms with Crippen LogP contribution in [0.1, 0.15) is 67.0 Å². The van der Waals surface area contributed by atoms with Gasteiger partial charge in [-0.1, -0.05) is 60.7 Å². The van der Waals surface area contributed by atoms with Crippen molar-refractivity contribution in [1.82, 2.24) is 20.6 Å². The molecule has 0 spiro atoms. The fraction of sp³-hybridized carbons (Fsp3) is 0.433. The predicted octanol–water partition coefficient (Wildman–Crippen LogP) is 5.23. The lowest BCUT2D eigenvalue weighted by Crippen LogP contribution is -2.46. The molecule has 1 aromatic heterocycles. The average molecular weight is 499 g/mol. The standard InChI is InChI=1S/C30H38N6O/c1-36(2)28-25-15-9-10-16-26(25)33-29(35-28)31-23-17-19-24(20-18-23)32-30(37)34-27(21-11-5-3-6-12-21)22-13-7-4-8-14-22/h3-8,11-14,23-24,27H,9-10,15-20H2,1-2H3,(H,31,33,35)(H2,32,34,37)/t23-,24+. The smallest absolute Gasteiger partial charge is 0.315 e. The average Bonchev–Trinajstić information content (AvgIpc) is 2.93. The van der Waals surface area contributed by atoms with Gasteiger partial charge in [-0.05, 0) is 62.5 Å². The summed E-state index contributed by atoms with van der Waals surface area (Å²) in [5.74, 6) is 1.79. The Labute approximate surface area is 220 Å². The molecule has 5 rings (SSSR count). The van der Waals surface area contributed by atoms with Crippen molar-refractivity contribution in [1.29, 1.82) is 0 Å². The predicted molar refractivity (Wildman–Crippen MR) is 149 cm³/mol. The van der Waals surface area contributed by atoms with Crippen LogP contribution < -0.4 is 20.9 Å². The normalized spacial score (nSPS) is 19.1. The lowest BCUT2D eigenvalue weighted by molar-refractivity contribution is 0.229. The highest BCUT2D eigenvalue weighted by molar-refractivity contribution is 5.75. The van der Waals surface area contributed by atoms with Crippen LogP contribution in [0.25, 0.3) is 0 Å². The summed E-state index contributed by atoms with van der Waals surface area (Å²) in [5, 5.41) is 10.0. The van der Waals surface area contributed by atoms with E-state index in [1.54, 1.807) is 0 Å². The Morgan fingerprint density at radius 2 is 1.43 bits per heavy atom. The molecule has 0 atom stereocenters. The van der Waals surface area contributed by atoms with Crippen molar-refractivity contribution in [2.45, 2.75) is 69.5 Å². The number of hydrogen-bond acceptors (Lipinski definition) is 5. The molecule has 2 aliphatic rings. The SMILES string of the molecule is CN(C)c1nc(N[C@H]2CC[C@@H](NC(=O)NC(c3ccccc3)c3ccccc3)CC2)nc2c1CCCC2. The lowest BCUT2D eigenvalue weighted by atomic mass is 9.91. The van der Waals surface area contributed by atoms with Crippen LogP contribution in [-0.4, -0.2) is 42.2 Å². The van der Waals surface area contributed by atoms with Gasteiger partial charge in [-0.25, -0.2) is 9.78 Å². The van der Waals surface area contributed by atoms with Crippen molar-refractivity contribution < 1.29 is 4.79 Å². The molecule has 2 aromatic carbocycles. The topological polar surface area (TPSA) is 82.2 Å². The number of amides is 2. The summed E-state index contributed by atoms with van der Waals surface area (Å²) in [6.07, 6.45) is 8.32. The fourth-order valence-electron chi connectivity index (χ4n) is 5.58. The maximum atomic E-state index is 13.0. The van der Waals surface area contributed by atoms with Crippen LogP contribution in [0.3, 0.4) is 0 Å². The molecule has 37 heavy (non-hydrogen) atoms. The molecule has 0 radical (unpaired) electrons. The number of anilines is 2. The summed E-state index contributed by atoms with van der Waals surface area (Å²) in [5.41, 5.74) is 4.65. The number of aryl methyl sites for hydroxylation is 1. The minimum Gasteiger partial charge on any atom is -0.362 e. The van der Waals surface area contributed by atoms with E-state index in [0.29, 0.717) is 6.04 Å². The minimum absolute atomic E-state index is 0.122. The van der Waals surface area contributed by atoms with E-state index < -0.39 is 0 Å². The molecular formula is C30H38N6O. The molecule has 0 bridgehead atoms. The molecule has 0 aliphatic heterocycles. The summed E-state index contributed by atoms with van der Waals surface area (Å²) in [4.78, 5) is 24.9. The number of aromatic nitrogens is 2. The number of carbonyl (C=O) groups is 1. The third-order valence-electron chi connectivity index (χ3n) is 7.52. The van der Waals surface area contributed by atoms with E-state index in [9.17, 15) is 4.79 Å². The zero-order chi connectivity index (χ0) is 25.6. The molecule has 0 unspecified atom stereocenters. The van der Waals surface area contributed by atoms with E-state index in [1.165, 1.54) is 24.1 Å². The molecule has 3 N–H and O–H groups in total. The Kier molecular flexibility index (Phi) is 7.87. The van der Waals surface area contributed by atoms with Gasteiger partial charge in [0, 0.05) is 31.7 Å². The van der Waals surface area contributed by atoms with Crippen molar-refractivity contribution in [3.63, 3.8) is 0 Å². The van der Waals surface area contributed by atoms with E-state index in [-0.39, 0.29) is 18.1 Å². The zero-order valence-electron chi connectivity index (χ0n) is 21.9. The number of urea groups is 1. The molecule has 194 valence electrons. The Morgan fingerprint density at radius 3 is 2.05 bits per heavy atom. The van der Waals surface area contributed by atoms with E-state index in [0.717, 1.165) is 61.4 Å². The number of fused-ring (bicyclic) bond motifs is 1. The summed E-state index contributed by atoms with van der Waals surface area (Å²) >= 11 is 0. The molecule has 7 nitrogen and oxygen atoms in total. The number of hydrogen-bond donors (Lipinski definition) is 3. The van der Waals surface area contributed by atoms with Crippen molar-refractivity contribution in [3.8, 4) is 0 Å². The van der Waals surface area contributed by atoms with Crippen molar-refractivity contribution in [2.24, 2.45) is 0 Å². The number of nitrogens with zero attached hydrogens (tertiary/aromatic N) is 3. The summed E-state index contributed by atoms with van der Waals surface area (Å²) in [6.45, 7) is 0. The highest BCUT2D eigenvalue weighted by Crippen LogP contribution is 2.29. The van der Waals surface area contributed by atoms with Gasteiger partial charge in [0.05, 0.1) is 11.7 Å². The molecule has 3 aromatic rings. The van der Waals surface area contributed by atoms with Crippen LogP contribution in [-0.2, 0) is 12.8 Å². The molecule has 7 heteroatoms. The third-order valence-corrected chi connectivity index (χ3v) is 7.52. The number of benzene rings is 2. The molecule has 1 fully saturated rings. The molecule has 2 amide bonds. The van der Waals surface area contributed by atoms with E-state index in [4.69, 9.17) is 9.97 Å². The van der Waals surface area contributed by atoms with Crippen LogP contribution >= 0.6 is 0 Å². The second-order valence-electron chi connectivity index (χ2n) is 10.5. The first kappa shape index (κ1) is 25.1. The van der Waals surface area contributed by atoms with Crippen LogP contribution in [0.2, 0.25) is 0 Å². The maximum absolute atomic E-state index is 13.0. The third kappa shape index (κ3) is 6.21. The monoisotopic (exact) mass is 498 g/mol. The van der Waals surface area contributed by atoms with Crippen molar-refractivity contribution in [3.05, 3.63) is 83.0 Å². The van der Waals surface area contributed by atoms with Gasteiger partial charge in [-0.2, -0.15) is 4.98 Å². The van der Waals surface area contributed by atoms with Crippen molar-refractivity contribution in [2.75, 3.05) is 24.3 Å². The molecular weight excluding hydrogens is 460 g/mol. The zero-order valence-corrected chi connectivity index (χ0v) is 21.9. The maximum Gasteiger partial charge on any atom is 0.315 e. The van der Waals surface area contributed by atoms with E-state index >= 15 is 0 Å². The number of rotatable bonds is 7. The first-order valence-electron chi connectivity index (χ1n) is 13.6. The van der Waals surface area contributed by atoms with E-state index in [2.05, 4.69) is 59.2 Å².